The van der Waals surface area contributed by atoms with Gasteiger partial charge < -0.3 is 9.59 Å². The van der Waals surface area contributed by atoms with Crippen LogP contribution >= 0.6 is 0 Å². The van der Waals surface area contributed by atoms with Crippen molar-refractivity contribution in [3.63, 3.8) is 0 Å². The molecule has 0 amide bonds. The third kappa shape index (κ3) is 64.4. The van der Waals surface area contributed by atoms with E-state index in [1.807, 2.05) is 6.92 Å². The van der Waals surface area contributed by atoms with E-state index in [4.69, 9.17) is 4.79 Å². The van der Waals surface area contributed by atoms with Gasteiger partial charge in [-0.1, -0.05) is 13.3 Å². The Hall–Kier alpha value is 0.223. The van der Waals surface area contributed by atoms with Crippen LogP contribution in [-0.4, -0.2) is 12.6 Å². The molecule has 0 aliphatic rings. The van der Waals surface area contributed by atoms with E-state index in [1.165, 1.54) is 13.2 Å². The molecule has 0 saturated heterocycles. The zero-order valence-corrected chi connectivity index (χ0v) is 8.19. The fourth-order valence-electron chi connectivity index (χ4n) is 0.102. The zero-order valence-electron chi connectivity index (χ0n) is 5.73. The van der Waals surface area contributed by atoms with Crippen molar-refractivity contribution >= 4 is 12.6 Å². The van der Waals surface area contributed by atoms with Gasteiger partial charge in [-0.25, -0.2) is 0 Å². The molecule has 0 rings (SSSR count). The Morgan fingerprint density at radius 3 is 1.67 bits per heavy atom. The first-order valence-corrected chi connectivity index (χ1v) is 2.47. The summed E-state index contributed by atoms with van der Waals surface area (Å²) in [5.74, 6) is 0. The molecular weight excluding hydrogens is 195 g/mol. The van der Waals surface area contributed by atoms with E-state index in [1.54, 1.807) is 6.29 Å². The second kappa shape index (κ2) is 24.1. The normalized spacial score (nSPS) is 5.56. The van der Waals surface area contributed by atoms with Gasteiger partial charge in [0.15, 0.2) is 0 Å². The summed E-state index contributed by atoms with van der Waals surface area (Å²) in [5, 5.41) is 0. The molecule has 0 aromatic carbocycles. The molecule has 0 fully saturated rings. The first kappa shape index (κ1) is 16.1. The van der Waals surface area contributed by atoms with E-state index in [9.17, 15) is 4.79 Å². The van der Waals surface area contributed by atoms with Gasteiger partial charge in [-0.3, -0.25) is 12.6 Å². The van der Waals surface area contributed by atoms with E-state index in [-0.39, 0.29) is 26.2 Å². The fraction of sp³-hybridized carbons (Fsp3) is 0.667. The minimum Gasteiger partial charge on any atom is -0.542 e. The summed E-state index contributed by atoms with van der Waals surface area (Å²) in [6.07, 6.45) is 4.77. The van der Waals surface area contributed by atoms with E-state index in [0.29, 0.717) is 6.42 Å². The molecule has 0 N–H and O–H groups in total. The van der Waals surface area contributed by atoms with Gasteiger partial charge >= 0.3 is 26.2 Å². The third-order valence-corrected chi connectivity index (χ3v) is 0.352. The number of hydrogen-bond donors (Lipinski definition) is 0. The van der Waals surface area contributed by atoms with Crippen molar-refractivity contribution in [2.24, 2.45) is 0 Å². The second-order valence-corrected chi connectivity index (χ2v) is 1.10. The van der Waals surface area contributed by atoms with E-state index in [2.05, 4.69) is 0 Å². The Kier molecular flexibility index (Phi) is 43.0. The molecule has 0 aliphatic heterocycles. The molecule has 9 heavy (non-hydrogen) atoms. The summed E-state index contributed by atoms with van der Waals surface area (Å²) >= 11 is 0. The largest absolute Gasteiger partial charge is 2.00 e. The van der Waals surface area contributed by atoms with Gasteiger partial charge in [0.1, 0.15) is 0 Å². The van der Waals surface area contributed by atoms with Crippen molar-refractivity contribution in [2.75, 3.05) is 0 Å². The van der Waals surface area contributed by atoms with Gasteiger partial charge in [0.2, 0.25) is 0 Å². The maximum Gasteiger partial charge on any atom is 2.00 e. The van der Waals surface area contributed by atoms with Gasteiger partial charge in [0.25, 0.3) is 0 Å². The Balaban J connectivity index is -0.0000000800. The van der Waals surface area contributed by atoms with Crippen LogP contribution in [0.25, 0.3) is 0 Å². The second-order valence-electron chi connectivity index (χ2n) is 1.10. The maximum absolute atomic E-state index is 9.28. The van der Waals surface area contributed by atoms with Crippen LogP contribution < -0.4 is 0 Å². The molecule has 0 heterocycles. The van der Waals surface area contributed by atoms with Crippen molar-refractivity contribution in [3.05, 3.63) is 0 Å². The fourth-order valence-corrected chi connectivity index (χ4v) is 0.102. The van der Waals surface area contributed by atoms with Crippen molar-refractivity contribution in [1.82, 2.24) is 0 Å². The van der Waals surface area contributed by atoms with Gasteiger partial charge in [0.05, 0.1) is 0 Å². The van der Waals surface area contributed by atoms with Crippen LogP contribution in [0.15, 0.2) is 0 Å². The third-order valence-electron chi connectivity index (χ3n) is 0.352. The molecular formula is C6H10O2Zr. The summed E-state index contributed by atoms with van der Waals surface area (Å²) in [6, 6.07) is 0. The SMILES string of the molecule is CCC[C-]=O.C[C-]=O.[Zr+2]. The summed E-state index contributed by atoms with van der Waals surface area (Å²) in [6.45, 7) is 3.27. The van der Waals surface area contributed by atoms with Gasteiger partial charge in [0, 0.05) is 0 Å². The predicted octanol–water partition coefficient (Wildman–Crippen LogP) is 1.01. The van der Waals surface area contributed by atoms with Crippen molar-refractivity contribution < 1.29 is 35.8 Å². The summed E-state index contributed by atoms with van der Waals surface area (Å²) in [5.41, 5.74) is 0. The summed E-state index contributed by atoms with van der Waals surface area (Å²) in [7, 11) is 0. The Morgan fingerprint density at radius 2 is 1.67 bits per heavy atom. The monoisotopic (exact) mass is 204 g/mol. The number of rotatable bonds is 2. The first-order valence-electron chi connectivity index (χ1n) is 2.47. The van der Waals surface area contributed by atoms with E-state index in [0.717, 1.165) is 6.42 Å². The van der Waals surface area contributed by atoms with Crippen molar-refractivity contribution in [3.8, 4) is 0 Å². The summed E-state index contributed by atoms with van der Waals surface area (Å²) < 4.78 is 0. The molecule has 0 aromatic rings. The molecule has 0 spiro atoms. The van der Waals surface area contributed by atoms with Gasteiger partial charge in [-0.05, 0) is 0 Å². The molecule has 3 heteroatoms. The maximum atomic E-state index is 9.28. The van der Waals surface area contributed by atoms with Crippen LogP contribution in [0, 0.1) is 0 Å². The van der Waals surface area contributed by atoms with Crippen LogP contribution in [0.5, 0.6) is 0 Å². The van der Waals surface area contributed by atoms with E-state index >= 15 is 0 Å². The van der Waals surface area contributed by atoms with Crippen LogP contribution in [0.2, 0.25) is 0 Å². The Morgan fingerprint density at radius 1 is 1.33 bits per heavy atom. The van der Waals surface area contributed by atoms with Crippen LogP contribution in [0.4, 0.5) is 0 Å². The first-order chi connectivity index (χ1) is 3.83. The molecule has 0 radical (unpaired) electrons. The van der Waals surface area contributed by atoms with Crippen LogP contribution in [0.3, 0.4) is 0 Å². The topological polar surface area (TPSA) is 34.1 Å². The Labute approximate surface area is 75.1 Å². The Bertz CT molecular complexity index is 55.0. The molecule has 0 unspecified atom stereocenters. The molecule has 2 nitrogen and oxygen atoms in total. The van der Waals surface area contributed by atoms with Gasteiger partial charge in [-0.2, -0.15) is 13.3 Å². The molecule has 0 aromatic heterocycles. The molecule has 50 valence electrons. The molecule has 0 bridgehead atoms. The molecule has 0 aliphatic carbocycles. The van der Waals surface area contributed by atoms with E-state index < -0.39 is 0 Å². The van der Waals surface area contributed by atoms with Crippen molar-refractivity contribution in [2.45, 2.75) is 26.7 Å². The predicted molar refractivity (Wildman–Crippen MR) is 32.0 cm³/mol. The average molecular weight is 205 g/mol. The quantitative estimate of drug-likeness (QED) is 0.631. The summed E-state index contributed by atoms with van der Waals surface area (Å²) in [4.78, 5) is 18.0. The minimum absolute atomic E-state index is 0. The molecule has 0 atom stereocenters. The average Bonchev–Trinajstić information content (AvgIpc) is 1.71. The van der Waals surface area contributed by atoms with Gasteiger partial charge in [-0.15, -0.1) is 0 Å². The zero-order chi connectivity index (χ0) is 6.83. The van der Waals surface area contributed by atoms with Crippen molar-refractivity contribution in [1.29, 1.82) is 0 Å². The molecule has 0 saturated carbocycles. The standard InChI is InChI=1S/C4H7O.C2H3O.Zr/c1-2-3-4-5;1-2-3;/h2-3H2,1H3;1H3;/q2*-1;+2. The number of hydrogen-bond acceptors (Lipinski definition) is 2. The smallest absolute Gasteiger partial charge is 0.542 e. The minimum atomic E-state index is 0. The number of unbranched alkanes of at least 4 members (excludes halogenated alkanes) is 1. The van der Waals surface area contributed by atoms with Crippen LogP contribution in [0.1, 0.15) is 26.7 Å². The van der Waals surface area contributed by atoms with Crippen LogP contribution in [-0.2, 0) is 35.8 Å². The number of carbonyl (C=O) groups excluding carboxylic acids is 2.